The summed E-state index contributed by atoms with van der Waals surface area (Å²) in [5, 5.41) is 2.60. The third kappa shape index (κ3) is 6.21. The van der Waals surface area contributed by atoms with Gasteiger partial charge in [0.15, 0.2) is 6.61 Å². The van der Waals surface area contributed by atoms with Crippen molar-refractivity contribution in [1.82, 2.24) is 9.80 Å². The molecule has 0 spiro atoms. The van der Waals surface area contributed by atoms with Gasteiger partial charge in [-0.2, -0.15) is 13.2 Å². The van der Waals surface area contributed by atoms with Crippen molar-refractivity contribution in [3.63, 3.8) is 0 Å². The number of nitrogens with zero attached hydrogens (tertiary/aromatic N) is 2. The fourth-order valence-electron chi connectivity index (χ4n) is 3.12. The van der Waals surface area contributed by atoms with Crippen LogP contribution in [0.5, 0.6) is 5.75 Å². The topological polar surface area (TPSA) is 61.9 Å². The summed E-state index contributed by atoms with van der Waals surface area (Å²) in [5.41, 5.74) is 0.809. The van der Waals surface area contributed by atoms with Crippen molar-refractivity contribution >= 4 is 17.5 Å². The number of hydrogen-bond donors (Lipinski definition) is 1. The summed E-state index contributed by atoms with van der Waals surface area (Å²) in [6, 6.07) is 15.0. The Kier molecular flexibility index (Phi) is 6.94. The van der Waals surface area contributed by atoms with Gasteiger partial charge in [-0.15, -0.1) is 0 Å². The van der Waals surface area contributed by atoms with Gasteiger partial charge < -0.3 is 15.0 Å². The number of carbonyl (C=O) groups is 2. The second kappa shape index (κ2) is 9.62. The number of piperazine rings is 1. The number of rotatable bonds is 6. The van der Waals surface area contributed by atoms with E-state index in [-0.39, 0.29) is 29.8 Å². The van der Waals surface area contributed by atoms with Crippen LogP contribution in [0.4, 0.5) is 18.9 Å². The van der Waals surface area contributed by atoms with Gasteiger partial charge in [0.2, 0.25) is 5.91 Å². The molecule has 2 aromatic rings. The Bertz CT molecular complexity index is 867. The lowest BCUT2D eigenvalue weighted by atomic mass is 10.2. The summed E-state index contributed by atoms with van der Waals surface area (Å²) in [6.45, 7) is 0.674. The number of para-hydroxylation sites is 2. The first-order valence-electron chi connectivity index (χ1n) is 9.47. The van der Waals surface area contributed by atoms with Crippen LogP contribution in [0.1, 0.15) is 10.4 Å². The summed E-state index contributed by atoms with van der Waals surface area (Å²) in [7, 11) is 0. The maximum Gasteiger partial charge on any atom is 0.422 e. The smallest absolute Gasteiger partial charge is 0.422 e. The number of amides is 2. The molecular weight excluding hydrogens is 399 g/mol. The molecule has 9 heteroatoms. The van der Waals surface area contributed by atoms with E-state index in [2.05, 4.69) is 5.32 Å². The molecule has 6 nitrogen and oxygen atoms in total. The minimum absolute atomic E-state index is 0.0403. The molecule has 160 valence electrons. The van der Waals surface area contributed by atoms with Crippen LogP contribution >= 0.6 is 0 Å². The molecule has 2 amide bonds. The third-order valence-electron chi connectivity index (χ3n) is 4.60. The Balaban J connectivity index is 1.49. The van der Waals surface area contributed by atoms with Crippen LogP contribution in [0, 0.1) is 0 Å². The van der Waals surface area contributed by atoms with E-state index < -0.39 is 12.8 Å². The van der Waals surface area contributed by atoms with Crippen LogP contribution in [0.15, 0.2) is 54.6 Å². The Morgan fingerprint density at radius 1 is 0.933 bits per heavy atom. The van der Waals surface area contributed by atoms with E-state index in [9.17, 15) is 22.8 Å². The first kappa shape index (κ1) is 21.6. The number of hydrogen-bond acceptors (Lipinski definition) is 4. The molecule has 1 N–H and O–H groups in total. The van der Waals surface area contributed by atoms with Crippen molar-refractivity contribution in [3.8, 4) is 5.75 Å². The van der Waals surface area contributed by atoms with Gasteiger partial charge in [-0.3, -0.25) is 14.5 Å². The van der Waals surface area contributed by atoms with Crippen LogP contribution < -0.4 is 10.1 Å². The molecule has 30 heavy (non-hydrogen) atoms. The van der Waals surface area contributed by atoms with Gasteiger partial charge in [-0.25, -0.2) is 0 Å². The van der Waals surface area contributed by atoms with E-state index in [0.29, 0.717) is 31.7 Å². The Hall–Kier alpha value is -3.07. The zero-order valence-electron chi connectivity index (χ0n) is 16.2. The highest BCUT2D eigenvalue weighted by Crippen LogP contribution is 2.26. The van der Waals surface area contributed by atoms with Crippen LogP contribution in [-0.4, -0.2) is 67.1 Å². The van der Waals surface area contributed by atoms with E-state index >= 15 is 0 Å². The number of carbonyl (C=O) groups excluding carboxylic acids is 2. The number of anilines is 1. The molecule has 2 aromatic carbocycles. The molecule has 1 fully saturated rings. The standard InChI is InChI=1S/C21H22F3N3O3/c22-21(23,24)15-30-18-9-5-4-8-17(18)25-19(28)14-26-10-12-27(13-11-26)20(29)16-6-2-1-3-7-16/h1-9H,10-15H2,(H,25,28). The Morgan fingerprint density at radius 2 is 1.57 bits per heavy atom. The molecule has 0 aliphatic carbocycles. The highest BCUT2D eigenvalue weighted by molar-refractivity contribution is 5.95. The van der Waals surface area contributed by atoms with Gasteiger partial charge in [0.05, 0.1) is 12.2 Å². The Morgan fingerprint density at radius 3 is 2.23 bits per heavy atom. The molecule has 0 atom stereocenters. The molecule has 0 bridgehead atoms. The van der Waals surface area contributed by atoms with E-state index in [1.807, 2.05) is 23.1 Å². The molecular formula is C21H22F3N3O3. The maximum atomic E-state index is 12.5. The second-order valence-electron chi connectivity index (χ2n) is 6.88. The maximum absolute atomic E-state index is 12.5. The average Bonchev–Trinajstić information content (AvgIpc) is 2.73. The van der Waals surface area contributed by atoms with E-state index in [1.54, 1.807) is 23.1 Å². The molecule has 0 saturated carbocycles. The summed E-state index contributed by atoms with van der Waals surface area (Å²) in [6.07, 6.45) is -4.46. The molecule has 1 aliphatic rings. The Labute approximate surface area is 172 Å². The minimum atomic E-state index is -4.46. The SMILES string of the molecule is O=C(CN1CCN(C(=O)c2ccccc2)CC1)Nc1ccccc1OCC(F)(F)F. The lowest BCUT2D eigenvalue weighted by molar-refractivity contribution is -0.153. The number of ether oxygens (including phenoxy) is 1. The fourth-order valence-corrected chi connectivity index (χ4v) is 3.12. The lowest BCUT2D eigenvalue weighted by Crippen LogP contribution is -2.50. The fraction of sp³-hybridized carbons (Fsp3) is 0.333. The normalized spacial score (nSPS) is 15.0. The van der Waals surface area contributed by atoms with Crippen LogP contribution in [0.25, 0.3) is 0 Å². The van der Waals surface area contributed by atoms with Crippen LogP contribution in [0.2, 0.25) is 0 Å². The first-order valence-corrected chi connectivity index (χ1v) is 9.47. The van der Waals surface area contributed by atoms with Crippen molar-refractivity contribution in [1.29, 1.82) is 0 Å². The molecule has 1 aliphatic heterocycles. The summed E-state index contributed by atoms with van der Waals surface area (Å²) >= 11 is 0. The van der Waals surface area contributed by atoms with Gasteiger partial charge >= 0.3 is 6.18 Å². The number of halogens is 3. The highest BCUT2D eigenvalue weighted by Gasteiger charge is 2.29. The zero-order valence-corrected chi connectivity index (χ0v) is 16.2. The largest absolute Gasteiger partial charge is 0.482 e. The van der Waals surface area contributed by atoms with Gasteiger partial charge in [-0.1, -0.05) is 30.3 Å². The molecule has 0 unspecified atom stereocenters. The molecule has 1 saturated heterocycles. The van der Waals surface area contributed by atoms with Gasteiger partial charge in [0.25, 0.3) is 5.91 Å². The van der Waals surface area contributed by atoms with Crippen LogP contribution in [0.3, 0.4) is 0 Å². The monoisotopic (exact) mass is 421 g/mol. The minimum Gasteiger partial charge on any atom is -0.482 e. The average molecular weight is 421 g/mol. The highest BCUT2D eigenvalue weighted by atomic mass is 19.4. The summed E-state index contributed by atoms with van der Waals surface area (Å²) in [4.78, 5) is 28.5. The molecule has 1 heterocycles. The first-order chi connectivity index (χ1) is 14.3. The predicted molar refractivity (Wildman–Crippen MR) is 105 cm³/mol. The summed E-state index contributed by atoms with van der Waals surface area (Å²) < 4.78 is 42.0. The van der Waals surface area contributed by atoms with E-state index in [0.717, 1.165) is 0 Å². The van der Waals surface area contributed by atoms with Crippen molar-refractivity contribution in [2.24, 2.45) is 0 Å². The number of benzene rings is 2. The van der Waals surface area contributed by atoms with Crippen molar-refractivity contribution in [2.75, 3.05) is 44.6 Å². The van der Waals surface area contributed by atoms with Crippen molar-refractivity contribution < 1.29 is 27.5 Å². The molecule has 3 rings (SSSR count). The number of alkyl halides is 3. The van der Waals surface area contributed by atoms with E-state index in [1.165, 1.54) is 18.2 Å². The van der Waals surface area contributed by atoms with Crippen molar-refractivity contribution in [2.45, 2.75) is 6.18 Å². The summed E-state index contributed by atoms with van der Waals surface area (Å²) in [5.74, 6) is -0.446. The molecule has 0 aromatic heterocycles. The predicted octanol–water partition coefficient (Wildman–Crippen LogP) is 3.02. The van der Waals surface area contributed by atoms with Gasteiger partial charge in [-0.05, 0) is 24.3 Å². The second-order valence-corrected chi connectivity index (χ2v) is 6.88. The quantitative estimate of drug-likeness (QED) is 0.779. The van der Waals surface area contributed by atoms with Crippen LogP contribution in [-0.2, 0) is 4.79 Å². The zero-order chi connectivity index (χ0) is 21.6. The molecule has 0 radical (unpaired) electrons. The van der Waals surface area contributed by atoms with Gasteiger partial charge in [0.1, 0.15) is 5.75 Å². The third-order valence-corrected chi connectivity index (χ3v) is 4.60. The van der Waals surface area contributed by atoms with E-state index in [4.69, 9.17) is 4.74 Å². The number of nitrogens with one attached hydrogen (secondary N) is 1. The van der Waals surface area contributed by atoms with Crippen molar-refractivity contribution in [3.05, 3.63) is 60.2 Å². The lowest BCUT2D eigenvalue weighted by Gasteiger charge is -2.34. The van der Waals surface area contributed by atoms with Gasteiger partial charge in [0, 0.05) is 31.7 Å².